The molecule has 5 nitrogen and oxygen atoms in total. The van der Waals surface area contributed by atoms with Crippen LogP contribution < -0.4 is 5.32 Å². The molecule has 3 aromatic rings. The van der Waals surface area contributed by atoms with Gasteiger partial charge in [-0.2, -0.15) is 0 Å². The Morgan fingerprint density at radius 2 is 2.12 bits per heavy atom. The maximum absolute atomic E-state index is 11.5. The van der Waals surface area contributed by atoms with Gasteiger partial charge in [0.25, 0.3) is 0 Å². The standard InChI is InChI=1S/C18H16ClN3O2/c1-20-17-16(12-7-11(10-5-6-10)8-13(19)9-12)21-15-4-2-3-14(18(23)24)22(15)17/h2-4,7-10,20H,5-6H2,1H3,(H,23,24). The van der Waals surface area contributed by atoms with Gasteiger partial charge in [-0.1, -0.05) is 17.7 Å². The number of carboxylic acid groups (broad SMARTS) is 1. The lowest BCUT2D eigenvalue weighted by Gasteiger charge is -2.08. The molecule has 2 aromatic heterocycles. The van der Waals surface area contributed by atoms with Gasteiger partial charge < -0.3 is 10.4 Å². The minimum Gasteiger partial charge on any atom is -0.477 e. The van der Waals surface area contributed by atoms with Crippen molar-refractivity contribution >= 4 is 29.0 Å². The third-order valence-corrected chi connectivity index (χ3v) is 4.56. The van der Waals surface area contributed by atoms with Crippen molar-refractivity contribution in [3.8, 4) is 11.3 Å². The summed E-state index contributed by atoms with van der Waals surface area (Å²) in [6.07, 6.45) is 2.37. The number of nitrogens with one attached hydrogen (secondary N) is 1. The van der Waals surface area contributed by atoms with E-state index in [-0.39, 0.29) is 5.69 Å². The van der Waals surface area contributed by atoms with Gasteiger partial charge in [-0.3, -0.25) is 4.40 Å². The molecule has 0 saturated heterocycles. The van der Waals surface area contributed by atoms with Crippen LogP contribution in [0.4, 0.5) is 5.82 Å². The Bertz CT molecular complexity index is 960. The first-order chi connectivity index (χ1) is 11.6. The predicted octanol–water partition coefficient (Wildman–Crippen LogP) is 4.27. The fourth-order valence-electron chi connectivity index (χ4n) is 3.09. The maximum Gasteiger partial charge on any atom is 0.352 e. The van der Waals surface area contributed by atoms with Crippen molar-refractivity contribution in [3.63, 3.8) is 0 Å². The van der Waals surface area contributed by atoms with E-state index in [9.17, 15) is 9.90 Å². The number of fused-ring (bicyclic) bond motifs is 1. The highest BCUT2D eigenvalue weighted by Gasteiger charge is 2.25. The molecule has 0 bridgehead atoms. The lowest BCUT2D eigenvalue weighted by atomic mass is 10.0. The zero-order valence-corrected chi connectivity index (χ0v) is 13.8. The van der Waals surface area contributed by atoms with Crippen LogP contribution in [-0.4, -0.2) is 27.5 Å². The molecule has 0 aliphatic heterocycles. The molecule has 4 rings (SSSR count). The van der Waals surface area contributed by atoms with Gasteiger partial charge in [0.05, 0.1) is 0 Å². The van der Waals surface area contributed by atoms with Crippen LogP contribution >= 0.6 is 11.6 Å². The molecule has 24 heavy (non-hydrogen) atoms. The van der Waals surface area contributed by atoms with Crippen molar-refractivity contribution in [3.05, 3.63) is 52.7 Å². The van der Waals surface area contributed by atoms with Gasteiger partial charge in [0.2, 0.25) is 0 Å². The predicted molar refractivity (Wildman–Crippen MR) is 94.1 cm³/mol. The van der Waals surface area contributed by atoms with Crippen LogP contribution in [0.2, 0.25) is 5.02 Å². The number of pyridine rings is 1. The van der Waals surface area contributed by atoms with E-state index in [1.807, 2.05) is 12.1 Å². The van der Waals surface area contributed by atoms with Gasteiger partial charge in [-0.25, -0.2) is 9.78 Å². The molecule has 1 aromatic carbocycles. The number of carbonyl (C=O) groups is 1. The maximum atomic E-state index is 11.5. The number of hydrogen-bond acceptors (Lipinski definition) is 3. The summed E-state index contributed by atoms with van der Waals surface area (Å²) in [7, 11) is 1.76. The highest BCUT2D eigenvalue weighted by atomic mass is 35.5. The molecule has 1 aliphatic rings. The SMILES string of the molecule is CNc1c(-c2cc(Cl)cc(C3CC3)c2)nc2cccc(C(=O)O)n12. The van der Waals surface area contributed by atoms with E-state index in [1.54, 1.807) is 29.6 Å². The zero-order chi connectivity index (χ0) is 16.8. The third-order valence-electron chi connectivity index (χ3n) is 4.34. The van der Waals surface area contributed by atoms with E-state index in [1.165, 1.54) is 18.4 Å². The average Bonchev–Trinajstić information content (AvgIpc) is 3.34. The summed E-state index contributed by atoms with van der Waals surface area (Å²) >= 11 is 6.30. The summed E-state index contributed by atoms with van der Waals surface area (Å²) < 4.78 is 1.62. The minimum atomic E-state index is -0.995. The number of anilines is 1. The largest absolute Gasteiger partial charge is 0.477 e. The molecule has 0 radical (unpaired) electrons. The summed E-state index contributed by atoms with van der Waals surface area (Å²) in [5, 5.41) is 13.2. The lowest BCUT2D eigenvalue weighted by molar-refractivity contribution is 0.0689. The number of imidazole rings is 1. The van der Waals surface area contributed by atoms with E-state index in [0.717, 1.165) is 5.56 Å². The number of hydrogen-bond donors (Lipinski definition) is 2. The van der Waals surface area contributed by atoms with Crippen LogP contribution in [0.3, 0.4) is 0 Å². The number of benzene rings is 1. The van der Waals surface area contributed by atoms with Gasteiger partial charge in [0.15, 0.2) is 0 Å². The van der Waals surface area contributed by atoms with Crippen molar-refractivity contribution in [1.82, 2.24) is 9.38 Å². The van der Waals surface area contributed by atoms with Gasteiger partial charge >= 0.3 is 5.97 Å². The molecule has 1 saturated carbocycles. The normalized spacial score (nSPS) is 14.1. The Hall–Kier alpha value is -2.53. The number of aromatic nitrogens is 2. The summed E-state index contributed by atoms with van der Waals surface area (Å²) in [4.78, 5) is 16.2. The number of nitrogens with zero attached hydrogens (tertiary/aromatic N) is 2. The second kappa shape index (κ2) is 5.53. The molecule has 2 heterocycles. The lowest BCUT2D eigenvalue weighted by Crippen LogP contribution is -2.07. The van der Waals surface area contributed by atoms with Crippen molar-refractivity contribution in [1.29, 1.82) is 0 Å². The van der Waals surface area contributed by atoms with Gasteiger partial charge in [-0.15, -0.1) is 0 Å². The van der Waals surface area contributed by atoms with Crippen molar-refractivity contribution in [2.75, 3.05) is 12.4 Å². The second-order valence-corrected chi connectivity index (χ2v) is 6.45. The number of aromatic carboxylic acids is 1. The van der Waals surface area contributed by atoms with Crippen LogP contribution in [0.1, 0.15) is 34.8 Å². The molecule has 2 N–H and O–H groups in total. The first-order valence-corrected chi connectivity index (χ1v) is 8.19. The molecular formula is C18H16ClN3O2. The summed E-state index contributed by atoms with van der Waals surface area (Å²) in [5.74, 6) is 0.227. The number of rotatable bonds is 4. The van der Waals surface area contributed by atoms with E-state index < -0.39 is 5.97 Å². The van der Waals surface area contributed by atoms with Crippen LogP contribution in [-0.2, 0) is 0 Å². The third kappa shape index (κ3) is 2.41. The van der Waals surface area contributed by atoms with Crippen LogP contribution in [0.5, 0.6) is 0 Å². The Morgan fingerprint density at radius 3 is 2.79 bits per heavy atom. The fourth-order valence-corrected chi connectivity index (χ4v) is 3.34. The van der Waals surface area contributed by atoms with E-state index in [4.69, 9.17) is 11.6 Å². The average molecular weight is 342 g/mol. The Labute approximate surface area is 143 Å². The van der Waals surface area contributed by atoms with Gasteiger partial charge in [0, 0.05) is 17.6 Å². The number of carboxylic acids is 1. The minimum absolute atomic E-state index is 0.167. The number of halogens is 1. The van der Waals surface area contributed by atoms with Crippen molar-refractivity contribution < 1.29 is 9.90 Å². The molecule has 122 valence electrons. The smallest absolute Gasteiger partial charge is 0.352 e. The summed E-state index contributed by atoms with van der Waals surface area (Å²) in [6.45, 7) is 0. The first kappa shape index (κ1) is 15.0. The van der Waals surface area contributed by atoms with Crippen molar-refractivity contribution in [2.45, 2.75) is 18.8 Å². The Balaban J connectivity index is 1.97. The summed E-state index contributed by atoms with van der Waals surface area (Å²) in [6, 6.07) is 11.0. The van der Waals surface area contributed by atoms with Gasteiger partial charge in [-0.05, 0) is 54.7 Å². The molecule has 0 atom stereocenters. The first-order valence-electron chi connectivity index (χ1n) is 7.82. The zero-order valence-electron chi connectivity index (χ0n) is 13.1. The molecular weight excluding hydrogens is 326 g/mol. The van der Waals surface area contributed by atoms with E-state index >= 15 is 0 Å². The molecule has 1 aliphatic carbocycles. The highest BCUT2D eigenvalue weighted by Crippen LogP contribution is 2.43. The molecule has 6 heteroatoms. The highest BCUT2D eigenvalue weighted by molar-refractivity contribution is 6.31. The molecule has 0 amide bonds. The molecule has 1 fully saturated rings. The van der Waals surface area contributed by atoms with Gasteiger partial charge in [0.1, 0.15) is 22.9 Å². The Morgan fingerprint density at radius 1 is 1.33 bits per heavy atom. The molecule has 0 spiro atoms. The fraction of sp³-hybridized carbons (Fsp3) is 0.222. The summed E-state index contributed by atoms with van der Waals surface area (Å²) in [5.41, 5.74) is 3.57. The second-order valence-electron chi connectivity index (χ2n) is 6.02. The van der Waals surface area contributed by atoms with Crippen LogP contribution in [0.25, 0.3) is 16.9 Å². The van der Waals surface area contributed by atoms with E-state index in [2.05, 4.69) is 16.4 Å². The van der Waals surface area contributed by atoms with Crippen LogP contribution in [0, 0.1) is 0 Å². The van der Waals surface area contributed by atoms with E-state index in [0.29, 0.717) is 28.1 Å². The van der Waals surface area contributed by atoms with Crippen LogP contribution in [0.15, 0.2) is 36.4 Å². The monoisotopic (exact) mass is 341 g/mol. The van der Waals surface area contributed by atoms with Crippen molar-refractivity contribution in [2.24, 2.45) is 0 Å². The molecule has 0 unspecified atom stereocenters. The topological polar surface area (TPSA) is 66.6 Å². The quantitative estimate of drug-likeness (QED) is 0.743. The Kier molecular flexibility index (Phi) is 3.46.